The van der Waals surface area contributed by atoms with Crippen LogP contribution in [0.4, 0.5) is 14.9 Å². The van der Waals surface area contributed by atoms with E-state index in [1.165, 1.54) is 17.0 Å². The Bertz CT molecular complexity index is 822. The van der Waals surface area contributed by atoms with Gasteiger partial charge in [0.25, 0.3) is 0 Å². The maximum absolute atomic E-state index is 13.2. The molecule has 0 spiro atoms. The van der Waals surface area contributed by atoms with Crippen molar-refractivity contribution in [3.63, 3.8) is 0 Å². The number of aromatic nitrogens is 1. The van der Waals surface area contributed by atoms with Crippen molar-refractivity contribution < 1.29 is 9.18 Å². The number of amides is 2. The number of anilines is 1. The smallest absolute Gasteiger partial charge is 0.321 e. The molecule has 0 saturated carbocycles. The molecule has 3 aromatic rings. The Balaban J connectivity index is 1.90. The van der Waals surface area contributed by atoms with Crippen molar-refractivity contribution in [1.82, 2.24) is 9.88 Å². The molecule has 4 nitrogen and oxygen atoms in total. The Morgan fingerprint density at radius 2 is 1.86 bits per heavy atom. The molecule has 1 heterocycles. The minimum Gasteiger partial charge on any atom is -0.360 e. The highest BCUT2D eigenvalue weighted by atomic mass is 19.1. The van der Waals surface area contributed by atoms with E-state index in [1.807, 2.05) is 30.5 Å². The van der Waals surface area contributed by atoms with Crippen LogP contribution in [0, 0.1) is 5.82 Å². The molecule has 5 heteroatoms. The van der Waals surface area contributed by atoms with E-state index >= 15 is 0 Å². The maximum Gasteiger partial charge on any atom is 0.321 e. The molecule has 0 aliphatic rings. The number of benzene rings is 2. The number of aromatic amines is 1. The SMILES string of the molecule is CN(C)C(=O)Nc1ccc(-c2c[nH]c3cc(F)ccc23)cc1. The van der Waals surface area contributed by atoms with Gasteiger partial charge in [-0.2, -0.15) is 0 Å². The predicted molar refractivity (Wildman–Crippen MR) is 86.4 cm³/mol. The molecule has 2 N–H and O–H groups in total. The van der Waals surface area contributed by atoms with Crippen LogP contribution in [0.2, 0.25) is 0 Å². The number of hydrogen-bond donors (Lipinski definition) is 2. The van der Waals surface area contributed by atoms with Gasteiger partial charge in [-0.15, -0.1) is 0 Å². The molecule has 0 fully saturated rings. The number of nitrogens with zero attached hydrogens (tertiary/aromatic N) is 1. The first-order valence-corrected chi connectivity index (χ1v) is 6.90. The third kappa shape index (κ3) is 2.65. The van der Waals surface area contributed by atoms with Crippen LogP contribution in [0.1, 0.15) is 0 Å². The fourth-order valence-corrected chi connectivity index (χ4v) is 2.31. The zero-order valence-corrected chi connectivity index (χ0v) is 12.4. The van der Waals surface area contributed by atoms with Gasteiger partial charge in [-0.25, -0.2) is 9.18 Å². The van der Waals surface area contributed by atoms with Gasteiger partial charge in [0, 0.05) is 42.4 Å². The largest absolute Gasteiger partial charge is 0.360 e. The third-order valence-corrected chi connectivity index (χ3v) is 3.50. The van der Waals surface area contributed by atoms with Crippen molar-refractivity contribution in [2.75, 3.05) is 19.4 Å². The second-order valence-electron chi connectivity index (χ2n) is 5.29. The standard InChI is InChI=1S/C17H16FN3O/c1-21(2)17(22)20-13-6-3-11(4-7-13)15-10-19-16-9-12(18)5-8-14(15)16/h3-10,19H,1-2H3,(H,20,22). The lowest BCUT2D eigenvalue weighted by Gasteiger charge is -2.12. The highest BCUT2D eigenvalue weighted by Gasteiger charge is 2.08. The first kappa shape index (κ1) is 14.1. The lowest BCUT2D eigenvalue weighted by atomic mass is 10.0. The van der Waals surface area contributed by atoms with Crippen LogP contribution in [-0.4, -0.2) is 30.0 Å². The number of H-pyrrole nitrogens is 1. The summed E-state index contributed by atoms with van der Waals surface area (Å²) in [5.74, 6) is -0.261. The average Bonchev–Trinajstić information content (AvgIpc) is 2.90. The minimum absolute atomic E-state index is 0.171. The van der Waals surface area contributed by atoms with Gasteiger partial charge < -0.3 is 15.2 Å². The molecule has 1 aromatic heterocycles. The summed E-state index contributed by atoms with van der Waals surface area (Å²) >= 11 is 0. The summed E-state index contributed by atoms with van der Waals surface area (Å²) < 4.78 is 13.2. The number of fused-ring (bicyclic) bond motifs is 1. The van der Waals surface area contributed by atoms with Crippen molar-refractivity contribution in [2.45, 2.75) is 0 Å². The summed E-state index contributed by atoms with van der Waals surface area (Å²) in [6.07, 6.45) is 1.86. The molecule has 0 saturated heterocycles. The summed E-state index contributed by atoms with van der Waals surface area (Å²) in [4.78, 5) is 16.2. The molecular weight excluding hydrogens is 281 g/mol. The molecule has 112 valence electrons. The van der Waals surface area contributed by atoms with Crippen LogP contribution in [0.15, 0.2) is 48.7 Å². The molecule has 0 atom stereocenters. The molecule has 2 aromatic carbocycles. The summed E-state index contributed by atoms with van der Waals surface area (Å²) in [5.41, 5.74) is 3.49. The van der Waals surface area contributed by atoms with Crippen LogP contribution in [-0.2, 0) is 0 Å². The number of halogens is 1. The summed E-state index contributed by atoms with van der Waals surface area (Å²) in [6, 6.07) is 12.1. The number of urea groups is 1. The molecule has 0 bridgehead atoms. The lowest BCUT2D eigenvalue weighted by molar-refractivity contribution is 0.230. The van der Waals surface area contributed by atoms with Gasteiger partial charge in [0.2, 0.25) is 0 Å². The number of hydrogen-bond acceptors (Lipinski definition) is 1. The van der Waals surface area contributed by atoms with Crippen molar-refractivity contribution >= 4 is 22.6 Å². The first-order valence-electron chi connectivity index (χ1n) is 6.90. The van der Waals surface area contributed by atoms with E-state index in [0.29, 0.717) is 0 Å². The molecule has 0 aliphatic heterocycles. The normalized spacial score (nSPS) is 10.7. The van der Waals surface area contributed by atoms with E-state index in [2.05, 4.69) is 10.3 Å². The molecule has 0 radical (unpaired) electrons. The number of carbonyl (C=O) groups is 1. The second kappa shape index (κ2) is 5.52. The summed E-state index contributed by atoms with van der Waals surface area (Å²) in [6.45, 7) is 0. The van der Waals surface area contributed by atoms with Crippen LogP contribution in [0.25, 0.3) is 22.0 Å². The van der Waals surface area contributed by atoms with Gasteiger partial charge in [0.1, 0.15) is 5.82 Å². The van der Waals surface area contributed by atoms with Crippen molar-refractivity contribution in [2.24, 2.45) is 0 Å². The average molecular weight is 297 g/mol. The number of rotatable bonds is 2. The maximum atomic E-state index is 13.2. The highest BCUT2D eigenvalue weighted by molar-refractivity contribution is 5.96. The van der Waals surface area contributed by atoms with Crippen LogP contribution < -0.4 is 5.32 Å². The Morgan fingerprint density at radius 1 is 1.14 bits per heavy atom. The molecule has 0 unspecified atom stereocenters. The summed E-state index contributed by atoms with van der Waals surface area (Å²) in [7, 11) is 3.38. The molecular formula is C17H16FN3O. The van der Waals surface area contributed by atoms with Crippen molar-refractivity contribution in [3.8, 4) is 11.1 Å². The van der Waals surface area contributed by atoms with Crippen LogP contribution >= 0.6 is 0 Å². The zero-order valence-electron chi connectivity index (χ0n) is 12.4. The quantitative estimate of drug-likeness (QED) is 0.736. The van der Waals surface area contributed by atoms with E-state index in [1.54, 1.807) is 20.2 Å². The fraction of sp³-hybridized carbons (Fsp3) is 0.118. The second-order valence-corrected chi connectivity index (χ2v) is 5.29. The Hall–Kier alpha value is -2.82. The molecule has 3 rings (SSSR count). The summed E-state index contributed by atoms with van der Waals surface area (Å²) in [5, 5.41) is 3.75. The fourth-order valence-electron chi connectivity index (χ4n) is 2.31. The van der Waals surface area contributed by atoms with Gasteiger partial charge in [0.15, 0.2) is 0 Å². The lowest BCUT2D eigenvalue weighted by Crippen LogP contribution is -2.27. The van der Waals surface area contributed by atoms with Crippen LogP contribution in [0.3, 0.4) is 0 Å². The Labute approximate surface area is 127 Å². The highest BCUT2D eigenvalue weighted by Crippen LogP contribution is 2.29. The van der Waals surface area contributed by atoms with E-state index in [0.717, 1.165) is 27.7 Å². The van der Waals surface area contributed by atoms with Gasteiger partial charge in [-0.3, -0.25) is 0 Å². The number of nitrogens with one attached hydrogen (secondary N) is 2. The van der Waals surface area contributed by atoms with E-state index in [-0.39, 0.29) is 11.8 Å². The third-order valence-electron chi connectivity index (χ3n) is 3.50. The van der Waals surface area contributed by atoms with Crippen molar-refractivity contribution in [3.05, 3.63) is 54.5 Å². The van der Waals surface area contributed by atoms with Crippen LogP contribution in [0.5, 0.6) is 0 Å². The van der Waals surface area contributed by atoms with Gasteiger partial charge in [0.05, 0.1) is 0 Å². The predicted octanol–water partition coefficient (Wildman–Crippen LogP) is 4.07. The first-order chi connectivity index (χ1) is 10.5. The Kier molecular flexibility index (Phi) is 3.55. The minimum atomic E-state index is -0.261. The molecule has 2 amide bonds. The monoisotopic (exact) mass is 297 g/mol. The van der Waals surface area contributed by atoms with Crippen molar-refractivity contribution in [1.29, 1.82) is 0 Å². The molecule has 0 aliphatic carbocycles. The Morgan fingerprint density at radius 3 is 2.55 bits per heavy atom. The van der Waals surface area contributed by atoms with E-state index < -0.39 is 0 Å². The van der Waals surface area contributed by atoms with Gasteiger partial charge in [-0.05, 0) is 35.9 Å². The topological polar surface area (TPSA) is 48.1 Å². The zero-order chi connectivity index (χ0) is 15.7. The van der Waals surface area contributed by atoms with E-state index in [9.17, 15) is 9.18 Å². The molecule has 22 heavy (non-hydrogen) atoms. The van der Waals surface area contributed by atoms with Gasteiger partial charge in [-0.1, -0.05) is 12.1 Å². The van der Waals surface area contributed by atoms with E-state index in [4.69, 9.17) is 0 Å². The van der Waals surface area contributed by atoms with Gasteiger partial charge >= 0.3 is 6.03 Å². The number of carbonyl (C=O) groups excluding carboxylic acids is 1.